The van der Waals surface area contributed by atoms with Gasteiger partial charge in [0.2, 0.25) is 11.6 Å². The number of carbonyl (C=O) groups excluding carboxylic acids is 1. The largest absolute Gasteiger partial charge is 0.507 e. The van der Waals surface area contributed by atoms with E-state index in [0.717, 1.165) is 10.5 Å². The standard InChI is InChI=1S/C20H18N8O3S/c1-12-6-8-14(9-7-12)32-11-15-17(23-27-28(15)19-18(21)25-31-26-19)20(30)24-22-10-13-4-2-3-5-16(13)29/h2-10,29H,11H2,1H3,(H2,21,25)(H,24,30). The van der Waals surface area contributed by atoms with Gasteiger partial charge in [-0.2, -0.15) is 9.78 Å². The van der Waals surface area contributed by atoms with E-state index in [4.69, 9.17) is 5.73 Å². The smallest absolute Gasteiger partial charge is 0.293 e. The SMILES string of the molecule is Cc1ccc(SCc2c(C(=O)NN=Cc3ccccc3O)nnn2-c2nonc2N)cc1. The van der Waals surface area contributed by atoms with Gasteiger partial charge in [-0.25, -0.2) is 10.1 Å². The van der Waals surface area contributed by atoms with Crippen molar-refractivity contribution >= 4 is 29.7 Å². The molecular formula is C20H18N8O3S. The Balaban J connectivity index is 1.58. The molecule has 12 heteroatoms. The molecule has 0 atom stereocenters. The molecule has 4 rings (SSSR count). The van der Waals surface area contributed by atoms with E-state index in [1.54, 1.807) is 18.2 Å². The third-order valence-corrected chi connectivity index (χ3v) is 5.40. The number of carbonyl (C=O) groups is 1. The average molecular weight is 450 g/mol. The fraction of sp³-hybridized carbons (Fsp3) is 0.100. The number of benzene rings is 2. The molecule has 2 aromatic carbocycles. The Morgan fingerprint density at radius 1 is 1.25 bits per heavy atom. The van der Waals surface area contributed by atoms with E-state index < -0.39 is 5.91 Å². The summed E-state index contributed by atoms with van der Waals surface area (Å²) in [6, 6.07) is 14.6. The molecule has 0 saturated carbocycles. The number of nitrogens with zero attached hydrogens (tertiary/aromatic N) is 6. The van der Waals surface area contributed by atoms with Crippen LogP contribution in [0.5, 0.6) is 5.75 Å². The number of nitrogens with one attached hydrogen (secondary N) is 1. The summed E-state index contributed by atoms with van der Waals surface area (Å²) in [5, 5.41) is 29.0. The Hall–Kier alpha value is -4.19. The first-order valence-electron chi connectivity index (χ1n) is 9.37. The molecule has 0 bridgehead atoms. The van der Waals surface area contributed by atoms with Crippen LogP contribution in [-0.2, 0) is 5.75 Å². The lowest BCUT2D eigenvalue weighted by atomic mass is 10.2. The van der Waals surface area contributed by atoms with Crippen molar-refractivity contribution < 1.29 is 14.5 Å². The Kier molecular flexibility index (Phi) is 6.12. The molecule has 162 valence electrons. The van der Waals surface area contributed by atoms with Crippen molar-refractivity contribution in [2.24, 2.45) is 5.10 Å². The van der Waals surface area contributed by atoms with E-state index in [-0.39, 0.29) is 23.1 Å². The number of thioether (sulfide) groups is 1. The number of amides is 1. The number of anilines is 1. The second kappa shape index (κ2) is 9.31. The highest BCUT2D eigenvalue weighted by Gasteiger charge is 2.24. The third kappa shape index (κ3) is 4.59. The molecule has 0 fully saturated rings. The molecule has 2 aromatic heterocycles. The van der Waals surface area contributed by atoms with Crippen LogP contribution in [0, 0.1) is 6.92 Å². The van der Waals surface area contributed by atoms with Crippen LogP contribution in [0.1, 0.15) is 27.3 Å². The van der Waals surface area contributed by atoms with Gasteiger partial charge in [-0.05, 0) is 41.5 Å². The molecule has 0 radical (unpaired) electrons. The molecule has 0 aliphatic carbocycles. The van der Waals surface area contributed by atoms with E-state index in [1.165, 1.54) is 28.7 Å². The van der Waals surface area contributed by atoms with Gasteiger partial charge in [0.1, 0.15) is 5.75 Å². The Morgan fingerprint density at radius 2 is 2.03 bits per heavy atom. The summed E-state index contributed by atoms with van der Waals surface area (Å²) in [6.45, 7) is 2.01. The zero-order valence-electron chi connectivity index (χ0n) is 16.8. The maximum Gasteiger partial charge on any atom is 0.293 e. The van der Waals surface area contributed by atoms with Crippen LogP contribution in [-0.4, -0.2) is 42.5 Å². The number of nitrogens with two attached hydrogens (primary N) is 1. The molecule has 4 N–H and O–H groups in total. The Labute approximate surface area is 186 Å². The van der Waals surface area contributed by atoms with Gasteiger partial charge in [0, 0.05) is 16.2 Å². The van der Waals surface area contributed by atoms with Gasteiger partial charge in [0.05, 0.1) is 11.9 Å². The molecule has 0 aliphatic rings. The fourth-order valence-electron chi connectivity index (χ4n) is 2.71. The highest BCUT2D eigenvalue weighted by atomic mass is 32.2. The van der Waals surface area contributed by atoms with Gasteiger partial charge in [0.15, 0.2) is 5.69 Å². The summed E-state index contributed by atoms with van der Waals surface area (Å²) in [5.41, 5.74) is 10.3. The highest BCUT2D eigenvalue weighted by Crippen LogP contribution is 2.26. The first-order valence-corrected chi connectivity index (χ1v) is 10.4. The van der Waals surface area contributed by atoms with Crippen molar-refractivity contribution in [2.45, 2.75) is 17.6 Å². The maximum absolute atomic E-state index is 12.8. The lowest BCUT2D eigenvalue weighted by molar-refractivity contribution is 0.0949. The molecule has 0 saturated heterocycles. The van der Waals surface area contributed by atoms with Gasteiger partial charge in [-0.1, -0.05) is 35.0 Å². The molecule has 0 unspecified atom stereocenters. The van der Waals surface area contributed by atoms with Crippen molar-refractivity contribution in [1.82, 2.24) is 30.7 Å². The minimum Gasteiger partial charge on any atom is -0.507 e. The minimum atomic E-state index is -0.586. The lowest BCUT2D eigenvalue weighted by Crippen LogP contribution is -2.20. The van der Waals surface area contributed by atoms with Gasteiger partial charge < -0.3 is 10.8 Å². The third-order valence-electron chi connectivity index (χ3n) is 4.38. The number of hydrazone groups is 1. The normalized spacial score (nSPS) is 11.2. The van der Waals surface area contributed by atoms with Crippen molar-refractivity contribution in [3.63, 3.8) is 0 Å². The predicted octanol–water partition coefficient (Wildman–Crippen LogP) is 2.30. The van der Waals surface area contributed by atoms with Crippen LogP contribution in [0.2, 0.25) is 0 Å². The minimum absolute atomic E-state index is 0.0148. The van der Waals surface area contributed by atoms with E-state index in [2.05, 4.69) is 35.8 Å². The van der Waals surface area contributed by atoms with Crippen LogP contribution >= 0.6 is 11.8 Å². The Morgan fingerprint density at radius 3 is 2.75 bits per heavy atom. The average Bonchev–Trinajstić information content (AvgIpc) is 3.40. The number of rotatable bonds is 7. The molecule has 1 amide bonds. The lowest BCUT2D eigenvalue weighted by Gasteiger charge is -2.06. The summed E-state index contributed by atoms with van der Waals surface area (Å²) in [7, 11) is 0. The highest BCUT2D eigenvalue weighted by molar-refractivity contribution is 7.98. The number of phenolic OH excluding ortho intramolecular Hbond substituents is 1. The number of aromatic nitrogens is 5. The number of aromatic hydroxyl groups is 1. The van der Waals surface area contributed by atoms with Gasteiger partial charge in [0.25, 0.3) is 5.91 Å². The molecular weight excluding hydrogens is 432 g/mol. The molecule has 0 spiro atoms. The second-order valence-corrected chi connectivity index (χ2v) is 7.68. The molecule has 0 aliphatic heterocycles. The second-order valence-electron chi connectivity index (χ2n) is 6.63. The number of phenols is 1. The molecule has 2 heterocycles. The number of aryl methyl sites for hydroxylation is 1. The van der Waals surface area contributed by atoms with Crippen LogP contribution in [0.25, 0.3) is 5.82 Å². The molecule has 11 nitrogen and oxygen atoms in total. The zero-order chi connectivity index (χ0) is 22.5. The fourth-order valence-corrected chi connectivity index (χ4v) is 3.60. The van der Waals surface area contributed by atoms with Gasteiger partial charge >= 0.3 is 0 Å². The van der Waals surface area contributed by atoms with E-state index in [0.29, 0.717) is 17.0 Å². The Bertz CT molecular complexity index is 1270. The van der Waals surface area contributed by atoms with Gasteiger partial charge in [-0.15, -0.1) is 16.9 Å². The number of para-hydroxylation sites is 1. The van der Waals surface area contributed by atoms with Crippen LogP contribution in [0.3, 0.4) is 0 Å². The maximum atomic E-state index is 12.8. The van der Waals surface area contributed by atoms with E-state index in [9.17, 15) is 9.90 Å². The van der Waals surface area contributed by atoms with Gasteiger partial charge in [-0.3, -0.25) is 4.79 Å². The van der Waals surface area contributed by atoms with Crippen LogP contribution in [0.4, 0.5) is 5.82 Å². The summed E-state index contributed by atoms with van der Waals surface area (Å²) >= 11 is 1.49. The van der Waals surface area contributed by atoms with E-state index >= 15 is 0 Å². The van der Waals surface area contributed by atoms with Crippen LogP contribution in [0.15, 0.2) is 63.2 Å². The monoisotopic (exact) mass is 450 g/mol. The molecule has 4 aromatic rings. The quantitative estimate of drug-likeness (QED) is 0.218. The van der Waals surface area contributed by atoms with E-state index in [1.807, 2.05) is 31.2 Å². The summed E-state index contributed by atoms with van der Waals surface area (Å²) in [5.74, 6) is -0.0539. The van der Waals surface area contributed by atoms with Crippen LogP contribution < -0.4 is 11.2 Å². The number of hydrogen-bond donors (Lipinski definition) is 3. The van der Waals surface area contributed by atoms with Crippen molar-refractivity contribution in [2.75, 3.05) is 5.73 Å². The van der Waals surface area contributed by atoms with Crippen molar-refractivity contribution in [1.29, 1.82) is 0 Å². The first-order chi connectivity index (χ1) is 15.5. The summed E-state index contributed by atoms with van der Waals surface area (Å²) < 4.78 is 5.97. The summed E-state index contributed by atoms with van der Waals surface area (Å²) in [4.78, 5) is 13.8. The zero-order valence-corrected chi connectivity index (χ0v) is 17.7. The summed E-state index contributed by atoms with van der Waals surface area (Å²) in [6.07, 6.45) is 1.33. The number of nitrogen functional groups attached to an aromatic ring is 1. The molecule has 32 heavy (non-hydrogen) atoms. The number of hydrogen-bond acceptors (Lipinski definition) is 10. The topological polar surface area (TPSA) is 157 Å². The van der Waals surface area contributed by atoms with Crippen molar-refractivity contribution in [3.05, 3.63) is 71.0 Å². The predicted molar refractivity (Wildman–Crippen MR) is 118 cm³/mol. The van der Waals surface area contributed by atoms with Crippen molar-refractivity contribution in [3.8, 4) is 11.6 Å². The first kappa shape index (κ1) is 21.1.